The quantitative estimate of drug-likeness (QED) is 0.625. The van der Waals surface area contributed by atoms with Crippen LogP contribution in [0.2, 0.25) is 0 Å². The Kier molecular flexibility index (Phi) is 1.61. The smallest absolute Gasteiger partial charge is 0.0994 e. The van der Waals surface area contributed by atoms with Crippen LogP contribution in [0, 0.1) is 6.92 Å². The van der Waals surface area contributed by atoms with Crippen molar-refractivity contribution >= 4 is 5.52 Å². The van der Waals surface area contributed by atoms with Gasteiger partial charge in [-0.05, 0) is 25.0 Å². The van der Waals surface area contributed by atoms with Gasteiger partial charge in [0.1, 0.15) is 0 Å². The van der Waals surface area contributed by atoms with Crippen molar-refractivity contribution < 1.29 is 0 Å². The lowest BCUT2D eigenvalue weighted by molar-refractivity contribution is 0.997. The zero-order valence-electron chi connectivity index (χ0n) is 7.41. The first-order chi connectivity index (χ1) is 5.83. The lowest BCUT2D eigenvalue weighted by Gasteiger charge is -2.04. The molecule has 0 aliphatic carbocycles. The zero-order valence-corrected chi connectivity index (χ0v) is 7.41. The molecular weight excluding hydrogens is 148 g/mol. The Balaban J connectivity index is 2.78. The summed E-state index contributed by atoms with van der Waals surface area (Å²) in [5.74, 6) is 0. The average molecular weight is 160 g/mol. The minimum atomic E-state index is 1.08. The molecule has 0 saturated heterocycles. The highest BCUT2D eigenvalue weighted by molar-refractivity contribution is 5.47. The predicted molar refractivity (Wildman–Crippen MR) is 49.3 cm³/mol. The number of rotatable bonds is 1. The summed E-state index contributed by atoms with van der Waals surface area (Å²) in [6, 6.07) is 4.28. The molecule has 0 spiro atoms. The van der Waals surface area contributed by atoms with Gasteiger partial charge in [-0.15, -0.1) is 0 Å². The second-order valence-corrected chi connectivity index (χ2v) is 2.99. The van der Waals surface area contributed by atoms with E-state index in [0.29, 0.717) is 0 Å². The molecule has 0 saturated carbocycles. The van der Waals surface area contributed by atoms with E-state index in [1.165, 1.54) is 16.8 Å². The minimum Gasteiger partial charge on any atom is -0.303 e. The van der Waals surface area contributed by atoms with Gasteiger partial charge < -0.3 is 4.40 Å². The summed E-state index contributed by atoms with van der Waals surface area (Å²) in [6.45, 7) is 4.30. The molecule has 0 aromatic carbocycles. The fourth-order valence-electron chi connectivity index (χ4n) is 1.54. The Morgan fingerprint density at radius 1 is 1.42 bits per heavy atom. The van der Waals surface area contributed by atoms with Crippen LogP contribution in [0.5, 0.6) is 0 Å². The number of aromatic nitrogens is 2. The van der Waals surface area contributed by atoms with Crippen LogP contribution in [-0.4, -0.2) is 9.38 Å². The summed E-state index contributed by atoms with van der Waals surface area (Å²) >= 11 is 0. The molecule has 0 aliphatic heterocycles. The summed E-state index contributed by atoms with van der Waals surface area (Å²) in [4.78, 5) is 4.10. The van der Waals surface area contributed by atoms with Crippen molar-refractivity contribution in [2.24, 2.45) is 0 Å². The molecule has 2 heteroatoms. The molecule has 0 N–H and O–H groups in total. The largest absolute Gasteiger partial charge is 0.303 e. The van der Waals surface area contributed by atoms with Crippen molar-refractivity contribution in [2.75, 3.05) is 0 Å². The molecule has 2 aromatic heterocycles. The highest BCUT2D eigenvalue weighted by Crippen LogP contribution is 2.12. The minimum absolute atomic E-state index is 1.08. The lowest BCUT2D eigenvalue weighted by Crippen LogP contribution is -1.94. The Labute approximate surface area is 71.9 Å². The predicted octanol–water partition coefficient (Wildman–Crippen LogP) is 2.21. The third-order valence-corrected chi connectivity index (χ3v) is 2.33. The second kappa shape index (κ2) is 2.63. The first-order valence-corrected chi connectivity index (χ1v) is 4.23. The molecule has 0 atom stereocenters. The molecule has 62 valence electrons. The van der Waals surface area contributed by atoms with Crippen LogP contribution < -0.4 is 0 Å². The number of aryl methyl sites for hydroxylation is 2. The van der Waals surface area contributed by atoms with Crippen LogP contribution >= 0.6 is 0 Å². The van der Waals surface area contributed by atoms with E-state index in [9.17, 15) is 0 Å². The van der Waals surface area contributed by atoms with Crippen molar-refractivity contribution in [2.45, 2.75) is 20.3 Å². The van der Waals surface area contributed by atoms with Crippen LogP contribution in [0.1, 0.15) is 18.2 Å². The molecule has 0 unspecified atom stereocenters. The van der Waals surface area contributed by atoms with Crippen LogP contribution in [0.3, 0.4) is 0 Å². The van der Waals surface area contributed by atoms with Crippen molar-refractivity contribution in [3.05, 3.63) is 35.9 Å². The van der Waals surface area contributed by atoms with E-state index in [4.69, 9.17) is 0 Å². The average Bonchev–Trinajstić information content (AvgIpc) is 2.53. The second-order valence-electron chi connectivity index (χ2n) is 2.99. The van der Waals surface area contributed by atoms with Crippen LogP contribution in [0.25, 0.3) is 5.52 Å². The molecule has 0 radical (unpaired) electrons. The SMILES string of the molecule is CCc1ccc2cncn2c1C. The van der Waals surface area contributed by atoms with Crippen LogP contribution in [-0.2, 0) is 6.42 Å². The summed E-state index contributed by atoms with van der Waals surface area (Å²) in [7, 11) is 0. The maximum absolute atomic E-state index is 4.10. The summed E-state index contributed by atoms with van der Waals surface area (Å²) in [5.41, 5.74) is 3.86. The Morgan fingerprint density at radius 2 is 2.25 bits per heavy atom. The highest BCUT2D eigenvalue weighted by Gasteiger charge is 2.00. The van der Waals surface area contributed by atoms with Gasteiger partial charge in [-0.3, -0.25) is 0 Å². The van der Waals surface area contributed by atoms with Gasteiger partial charge in [0.05, 0.1) is 18.0 Å². The Bertz CT molecular complexity index is 401. The maximum Gasteiger partial charge on any atom is 0.0994 e. The number of imidazole rings is 1. The first kappa shape index (κ1) is 7.35. The maximum atomic E-state index is 4.10. The summed E-state index contributed by atoms with van der Waals surface area (Å²) in [6.07, 6.45) is 4.83. The molecule has 2 heterocycles. The molecule has 2 rings (SSSR count). The zero-order chi connectivity index (χ0) is 8.55. The highest BCUT2D eigenvalue weighted by atomic mass is 15.0. The Morgan fingerprint density at radius 3 is 3.00 bits per heavy atom. The van der Waals surface area contributed by atoms with Crippen molar-refractivity contribution in [1.29, 1.82) is 0 Å². The van der Waals surface area contributed by atoms with Crippen molar-refractivity contribution in [1.82, 2.24) is 9.38 Å². The fraction of sp³-hybridized carbons (Fsp3) is 0.300. The third kappa shape index (κ3) is 0.916. The molecule has 0 aliphatic rings. The monoisotopic (exact) mass is 160 g/mol. The van der Waals surface area contributed by atoms with Crippen molar-refractivity contribution in [3.8, 4) is 0 Å². The van der Waals surface area contributed by atoms with E-state index in [2.05, 4.69) is 35.4 Å². The number of pyridine rings is 1. The lowest BCUT2D eigenvalue weighted by atomic mass is 10.1. The summed E-state index contributed by atoms with van der Waals surface area (Å²) < 4.78 is 2.12. The molecule has 0 amide bonds. The Hall–Kier alpha value is -1.31. The standard InChI is InChI=1S/C10H12N2/c1-3-9-4-5-10-6-11-7-12(10)8(9)2/h4-7H,3H2,1-2H3. The van der Waals surface area contributed by atoms with E-state index >= 15 is 0 Å². The molecule has 0 fully saturated rings. The normalized spacial score (nSPS) is 10.8. The van der Waals surface area contributed by atoms with E-state index < -0.39 is 0 Å². The number of hydrogen-bond donors (Lipinski definition) is 0. The van der Waals surface area contributed by atoms with Gasteiger partial charge in [0.2, 0.25) is 0 Å². The molecule has 2 nitrogen and oxygen atoms in total. The van der Waals surface area contributed by atoms with Gasteiger partial charge in [0, 0.05) is 5.69 Å². The van der Waals surface area contributed by atoms with Crippen LogP contribution in [0.4, 0.5) is 0 Å². The number of fused-ring (bicyclic) bond motifs is 1. The van der Waals surface area contributed by atoms with E-state index in [1.54, 1.807) is 0 Å². The van der Waals surface area contributed by atoms with Crippen LogP contribution in [0.15, 0.2) is 24.7 Å². The van der Waals surface area contributed by atoms with Gasteiger partial charge in [0.15, 0.2) is 0 Å². The van der Waals surface area contributed by atoms with E-state index in [0.717, 1.165) is 6.42 Å². The molecule has 0 bridgehead atoms. The van der Waals surface area contributed by atoms with Gasteiger partial charge in [0.25, 0.3) is 0 Å². The molecular formula is C10H12N2. The first-order valence-electron chi connectivity index (χ1n) is 4.23. The van der Waals surface area contributed by atoms with Gasteiger partial charge in [-0.25, -0.2) is 4.98 Å². The fourth-order valence-corrected chi connectivity index (χ4v) is 1.54. The van der Waals surface area contributed by atoms with E-state index in [1.807, 2.05) is 12.5 Å². The molecule has 12 heavy (non-hydrogen) atoms. The number of nitrogens with zero attached hydrogens (tertiary/aromatic N) is 2. The van der Waals surface area contributed by atoms with E-state index in [-0.39, 0.29) is 0 Å². The van der Waals surface area contributed by atoms with Gasteiger partial charge in [-0.2, -0.15) is 0 Å². The van der Waals surface area contributed by atoms with Gasteiger partial charge in [-0.1, -0.05) is 13.0 Å². The molecule has 2 aromatic rings. The third-order valence-electron chi connectivity index (χ3n) is 2.33. The summed E-state index contributed by atoms with van der Waals surface area (Å²) in [5, 5.41) is 0. The van der Waals surface area contributed by atoms with Gasteiger partial charge >= 0.3 is 0 Å². The van der Waals surface area contributed by atoms with Crippen molar-refractivity contribution in [3.63, 3.8) is 0 Å². The topological polar surface area (TPSA) is 17.3 Å². The number of hydrogen-bond acceptors (Lipinski definition) is 1.